The van der Waals surface area contributed by atoms with Crippen molar-refractivity contribution >= 4 is 17.9 Å². The Morgan fingerprint density at radius 1 is 0.304 bits per heavy atom. The first-order valence-electron chi connectivity index (χ1n) is 27.7. The molecule has 0 aliphatic heterocycles. The van der Waals surface area contributed by atoms with Crippen molar-refractivity contribution in [3.63, 3.8) is 0 Å². The van der Waals surface area contributed by atoms with Gasteiger partial charge in [0, 0.05) is 19.3 Å². The van der Waals surface area contributed by atoms with E-state index in [1.807, 2.05) is 0 Å². The molecule has 0 unspecified atom stereocenters. The van der Waals surface area contributed by atoms with Gasteiger partial charge < -0.3 is 14.2 Å². The Balaban J connectivity index is 4.59. The first kappa shape index (κ1) is 64.5. The van der Waals surface area contributed by atoms with E-state index in [1.165, 1.54) is 51.4 Å². The fourth-order valence-electron chi connectivity index (χ4n) is 6.96. The lowest BCUT2D eigenvalue weighted by atomic mass is 10.1. The lowest BCUT2D eigenvalue weighted by molar-refractivity contribution is -0.167. The van der Waals surface area contributed by atoms with Gasteiger partial charge in [-0.05, 0) is 135 Å². The second-order valence-electron chi connectivity index (χ2n) is 17.7. The molecule has 6 heteroatoms. The molecule has 0 atom stereocenters. The average Bonchev–Trinajstić information content (AvgIpc) is 3.35. The monoisotopic (exact) mass is 953 g/mol. The minimum Gasteiger partial charge on any atom is -0.462 e. The molecule has 0 aromatic carbocycles. The van der Waals surface area contributed by atoms with Gasteiger partial charge in [0.1, 0.15) is 13.2 Å². The van der Waals surface area contributed by atoms with E-state index >= 15 is 0 Å². The van der Waals surface area contributed by atoms with Crippen LogP contribution < -0.4 is 0 Å². The molecule has 388 valence electrons. The van der Waals surface area contributed by atoms with Crippen molar-refractivity contribution in [1.82, 2.24) is 0 Å². The van der Waals surface area contributed by atoms with E-state index in [0.29, 0.717) is 19.3 Å². The van der Waals surface area contributed by atoms with Crippen LogP contribution in [-0.2, 0) is 28.6 Å². The number of allylic oxidation sites excluding steroid dienone is 22. The van der Waals surface area contributed by atoms with Crippen LogP contribution in [-0.4, -0.2) is 37.2 Å². The first-order chi connectivity index (χ1) is 34.0. The summed E-state index contributed by atoms with van der Waals surface area (Å²) in [6.45, 7) is 6.37. The zero-order chi connectivity index (χ0) is 50.0. The lowest BCUT2D eigenvalue weighted by Crippen LogP contribution is -2.30. The number of hydrogen-bond acceptors (Lipinski definition) is 6. The molecule has 0 amide bonds. The number of carbonyl (C=O) groups is 3. The molecule has 0 aromatic heterocycles. The quantitative estimate of drug-likeness (QED) is 0.0262. The third-order valence-electron chi connectivity index (χ3n) is 11.1. The van der Waals surface area contributed by atoms with E-state index in [9.17, 15) is 14.4 Å². The van der Waals surface area contributed by atoms with Crippen molar-refractivity contribution in [3.05, 3.63) is 134 Å². The Labute approximate surface area is 424 Å². The Hall–Kier alpha value is -4.45. The van der Waals surface area contributed by atoms with Gasteiger partial charge in [0.2, 0.25) is 0 Å². The van der Waals surface area contributed by atoms with Crippen molar-refractivity contribution in [3.8, 4) is 0 Å². The number of ether oxygens (including phenoxy) is 3. The molecule has 0 saturated heterocycles. The fourth-order valence-corrected chi connectivity index (χ4v) is 6.96. The van der Waals surface area contributed by atoms with Gasteiger partial charge in [0.25, 0.3) is 0 Å². The summed E-state index contributed by atoms with van der Waals surface area (Å²) in [5.41, 5.74) is 0. The molecule has 0 aliphatic carbocycles. The summed E-state index contributed by atoms with van der Waals surface area (Å²) in [5, 5.41) is 0. The van der Waals surface area contributed by atoms with Gasteiger partial charge in [-0.2, -0.15) is 0 Å². The van der Waals surface area contributed by atoms with Gasteiger partial charge in [-0.15, -0.1) is 0 Å². The maximum absolute atomic E-state index is 12.8. The highest BCUT2D eigenvalue weighted by molar-refractivity contribution is 5.71. The number of hydrogen-bond donors (Lipinski definition) is 0. The number of rotatable bonds is 48. The second-order valence-corrected chi connectivity index (χ2v) is 17.7. The molecule has 6 nitrogen and oxygen atoms in total. The third-order valence-corrected chi connectivity index (χ3v) is 11.1. The molecule has 0 aliphatic rings. The van der Waals surface area contributed by atoms with Crippen molar-refractivity contribution < 1.29 is 28.6 Å². The van der Waals surface area contributed by atoms with E-state index in [2.05, 4.69) is 154 Å². The van der Waals surface area contributed by atoms with Gasteiger partial charge in [-0.1, -0.05) is 206 Å². The van der Waals surface area contributed by atoms with Gasteiger partial charge in [-0.25, -0.2) is 0 Å². The van der Waals surface area contributed by atoms with E-state index in [4.69, 9.17) is 14.2 Å². The van der Waals surface area contributed by atoms with Gasteiger partial charge in [-0.3, -0.25) is 14.4 Å². The molecular formula is C63H100O6. The Morgan fingerprint density at radius 2 is 0.580 bits per heavy atom. The third kappa shape index (κ3) is 54.4. The Morgan fingerprint density at radius 3 is 0.913 bits per heavy atom. The van der Waals surface area contributed by atoms with Crippen molar-refractivity contribution in [2.24, 2.45) is 0 Å². The molecule has 69 heavy (non-hydrogen) atoms. The molecule has 0 heterocycles. The Bertz CT molecular complexity index is 1440. The van der Waals surface area contributed by atoms with Gasteiger partial charge in [0.05, 0.1) is 0 Å². The van der Waals surface area contributed by atoms with Crippen LogP contribution in [0.4, 0.5) is 0 Å². The van der Waals surface area contributed by atoms with Crippen molar-refractivity contribution in [1.29, 1.82) is 0 Å². The van der Waals surface area contributed by atoms with Gasteiger partial charge in [0.15, 0.2) is 6.10 Å². The van der Waals surface area contributed by atoms with Crippen LogP contribution in [0, 0.1) is 0 Å². The highest BCUT2D eigenvalue weighted by atomic mass is 16.6. The van der Waals surface area contributed by atoms with Gasteiger partial charge >= 0.3 is 17.9 Å². The minimum atomic E-state index is -0.832. The molecule has 0 spiro atoms. The predicted molar refractivity (Wildman–Crippen MR) is 297 cm³/mol. The zero-order valence-corrected chi connectivity index (χ0v) is 44.3. The van der Waals surface area contributed by atoms with Crippen LogP contribution in [0.1, 0.15) is 226 Å². The Kier molecular flexibility index (Phi) is 52.5. The largest absolute Gasteiger partial charge is 0.462 e. The molecule has 0 fully saturated rings. The van der Waals surface area contributed by atoms with E-state index in [1.54, 1.807) is 0 Å². The van der Waals surface area contributed by atoms with Crippen LogP contribution in [0.5, 0.6) is 0 Å². The van der Waals surface area contributed by atoms with Crippen molar-refractivity contribution in [2.75, 3.05) is 13.2 Å². The standard InChI is InChI=1S/C63H100O6/c1-4-7-10-13-16-19-22-25-28-31-34-37-40-43-46-49-52-55-61(64)67-58-60(69-63(66)57-54-51-48-45-42-39-36-33-30-27-24-21-18-15-12-9-6-3)59-68-62(65)56-53-50-47-44-41-38-35-32-29-26-23-20-17-14-11-8-5-2/h9,12,16-21,25-30,34-39,45,48,60H,4-8,10-11,13-15,22-24,31-33,40-44,46-47,49-59H2,1-3H3/b12-9-,19-16-,20-17-,21-18-,28-25-,29-26-,30-27-,37-34-,38-35-,39-36-,48-45-. The molecule has 0 rings (SSSR count). The topological polar surface area (TPSA) is 78.9 Å². The lowest BCUT2D eigenvalue weighted by Gasteiger charge is -2.18. The molecule has 0 aromatic rings. The highest BCUT2D eigenvalue weighted by Crippen LogP contribution is 2.11. The van der Waals surface area contributed by atoms with E-state index in [-0.39, 0.29) is 37.5 Å². The molecule has 0 saturated carbocycles. The minimum absolute atomic E-state index is 0.124. The van der Waals surface area contributed by atoms with Crippen LogP contribution in [0.15, 0.2) is 134 Å². The summed E-state index contributed by atoms with van der Waals surface area (Å²) in [7, 11) is 0. The smallest absolute Gasteiger partial charge is 0.306 e. The maximum Gasteiger partial charge on any atom is 0.306 e. The predicted octanol–water partition coefficient (Wildman–Crippen LogP) is 18.6. The number of esters is 3. The summed E-state index contributed by atoms with van der Waals surface area (Å²) in [6.07, 6.45) is 78.6. The molecule has 0 N–H and O–H groups in total. The number of unbranched alkanes of at least 4 members (excludes halogenated alkanes) is 15. The highest BCUT2D eigenvalue weighted by Gasteiger charge is 2.19. The average molecular weight is 953 g/mol. The molecule has 0 bridgehead atoms. The van der Waals surface area contributed by atoms with Crippen LogP contribution in [0.2, 0.25) is 0 Å². The number of carbonyl (C=O) groups excluding carboxylic acids is 3. The van der Waals surface area contributed by atoms with Crippen molar-refractivity contribution in [2.45, 2.75) is 232 Å². The summed E-state index contributed by atoms with van der Waals surface area (Å²) in [5.74, 6) is -1.03. The first-order valence-corrected chi connectivity index (χ1v) is 27.7. The normalized spacial score (nSPS) is 12.8. The summed E-state index contributed by atoms with van der Waals surface area (Å²) >= 11 is 0. The second kappa shape index (κ2) is 56.1. The van der Waals surface area contributed by atoms with Crippen LogP contribution in [0.25, 0.3) is 0 Å². The van der Waals surface area contributed by atoms with E-state index < -0.39 is 6.10 Å². The molecule has 0 radical (unpaired) electrons. The summed E-state index contributed by atoms with van der Waals surface area (Å²) < 4.78 is 16.8. The van der Waals surface area contributed by atoms with Crippen LogP contribution >= 0.6 is 0 Å². The molecular weight excluding hydrogens is 853 g/mol. The maximum atomic E-state index is 12.8. The summed E-state index contributed by atoms with van der Waals surface area (Å²) in [6, 6.07) is 0. The SMILES string of the molecule is CC/C=C\C/C=C\C/C=C\C/C=C\C/C=C\CCCC(=O)OC(COC(=O)CCCCCC/C=C\C/C=C\C/C=C\CCCCC)COC(=O)CCCCCC/C=C\C/C=C\C/C=C\CCCCC. The van der Waals surface area contributed by atoms with E-state index in [0.717, 1.165) is 128 Å². The zero-order valence-electron chi connectivity index (χ0n) is 44.3. The fraction of sp³-hybridized carbons (Fsp3) is 0.603. The van der Waals surface area contributed by atoms with Crippen LogP contribution in [0.3, 0.4) is 0 Å². The summed E-state index contributed by atoms with van der Waals surface area (Å²) in [4.78, 5) is 38.1.